The molecule has 4 heteroatoms. The van der Waals surface area contributed by atoms with Crippen molar-refractivity contribution in [3.8, 4) is 0 Å². The summed E-state index contributed by atoms with van der Waals surface area (Å²) in [6.45, 7) is 7.61. The Morgan fingerprint density at radius 2 is 2.00 bits per heavy atom. The summed E-state index contributed by atoms with van der Waals surface area (Å²) in [5, 5.41) is 0. The van der Waals surface area contributed by atoms with Crippen molar-refractivity contribution >= 4 is 5.97 Å². The molecule has 0 N–H and O–H groups in total. The number of hydrogen-bond donors (Lipinski definition) is 0. The molecule has 1 unspecified atom stereocenters. The second-order valence-electron chi connectivity index (χ2n) is 6.19. The summed E-state index contributed by atoms with van der Waals surface area (Å²) in [5.41, 5.74) is 1.36. The summed E-state index contributed by atoms with van der Waals surface area (Å²) in [6, 6.07) is 10.6. The van der Waals surface area contributed by atoms with Gasteiger partial charge in [0.1, 0.15) is 0 Å². The highest BCUT2D eigenvalue weighted by Gasteiger charge is 2.21. The van der Waals surface area contributed by atoms with E-state index in [-0.39, 0.29) is 5.97 Å². The molecule has 1 aromatic rings. The quantitative estimate of drug-likeness (QED) is 0.756. The van der Waals surface area contributed by atoms with Gasteiger partial charge in [-0.3, -0.25) is 9.69 Å². The fourth-order valence-corrected chi connectivity index (χ4v) is 3.08. The van der Waals surface area contributed by atoms with Crippen molar-refractivity contribution < 1.29 is 9.53 Å². The van der Waals surface area contributed by atoms with E-state index in [0.29, 0.717) is 18.9 Å². The van der Waals surface area contributed by atoms with E-state index < -0.39 is 0 Å². The van der Waals surface area contributed by atoms with Crippen molar-refractivity contribution in [1.29, 1.82) is 0 Å². The van der Waals surface area contributed by atoms with Gasteiger partial charge in [0.25, 0.3) is 0 Å². The molecular formula is C18H28N2O2. The first-order chi connectivity index (χ1) is 10.7. The lowest BCUT2D eigenvalue weighted by Gasteiger charge is -2.23. The lowest BCUT2D eigenvalue weighted by atomic mass is 10.0. The molecule has 1 heterocycles. The van der Waals surface area contributed by atoms with Crippen LogP contribution in [0, 0.1) is 5.92 Å². The van der Waals surface area contributed by atoms with Gasteiger partial charge in [-0.15, -0.1) is 0 Å². The monoisotopic (exact) mass is 304 g/mol. The topological polar surface area (TPSA) is 32.8 Å². The van der Waals surface area contributed by atoms with Crippen LogP contribution >= 0.6 is 0 Å². The number of hydrogen-bond acceptors (Lipinski definition) is 4. The van der Waals surface area contributed by atoms with Gasteiger partial charge < -0.3 is 9.64 Å². The largest absolute Gasteiger partial charge is 0.466 e. The third-order valence-corrected chi connectivity index (χ3v) is 4.20. The molecule has 1 atom stereocenters. The molecule has 1 aliphatic rings. The lowest BCUT2D eigenvalue weighted by Crippen LogP contribution is -2.30. The minimum absolute atomic E-state index is 0.0657. The van der Waals surface area contributed by atoms with Gasteiger partial charge in [-0.05, 0) is 31.9 Å². The average molecular weight is 304 g/mol. The van der Waals surface area contributed by atoms with E-state index in [2.05, 4.69) is 47.2 Å². The zero-order valence-electron chi connectivity index (χ0n) is 13.8. The van der Waals surface area contributed by atoms with Crippen LogP contribution in [-0.2, 0) is 16.1 Å². The van der Waals surface area contributed by atoms with E-state index in [4.69, 9.17) is 4.74 Å². The minimum atomic E-state index is -0.0657. The fraction of sp³-hybridized carbons (Fsp3) is 0.611. The Morgan fingerprint density at radius 3 is 2.73 bits per heavy atom. The minimum Gasteiger partial charge on any atom is -0.466 e. The van der Waals surface area contributed by atoms with Crippen LogP contribution in [0.25, 0.3) is 0 Å². The van der Waals surface area contributed by atoms with Crippen molar-refractivity contribution in [2.24, 2.45) is 5.92 Å². The number of benzene rings is 1. The lowest BCUT2D eigenvalue weighted by molar-refractivity contribution is -0.143. The predicted octanol–water partition coefficient (Wildman–Crippen LogP) is 2.39. The van der Waals surface area contributed by atoms with Crippen LogP contribution in [0.2, 0.25) is 0 Å². The zero-order valence-corrected chi connectivity index (χ0v) is 13.8. The molecule has 0 aliphatic carbocycles. The summed E-state index contributed by atoms with van der Waals surface area (Å²) in [4.78, 5) is 16.5. The van der Waals surface area contributed by atoms with Crippen molar-refractivity contribution in [2.75, 3.05) is 39.8 Å². The standard InChI is InChI=1S/C18H28N2O2/c1-3-22-18(21)10-9-17-13-19(2)11-12-20(15-17)14-16-7-5-4-6-8-16/h4-8,17H,3,9-15H2,1-2H3. The molecule has 0 aromatic heterocycles. The summed E-state index contributed by atoms with van der Waals surface area (Å²) in [7, 11) is 2.17. The SMILES string of the molecule is CCOC(=O)CCC1CN(C)CCN(Cc2ccccc2)C1. The summed E-state index contributed by atoms with van der Waals surface area (Å²) in [6.07, 6.45) is 1.44. The van der Waals surface area contributed by atoms with E-state index >= 15 is 0 Å². The number of likely N-dealkylation sites (N-methyl/N-ethyl adjacent to an activating group) is 1. The molecule has 1 saturated heterocycles. The number of nitrogens with zero attached hydrogens (tertiary/aromatic N) is 2. The van der Waals surface area contributed by atoms with Crippen molar-refractivity contribution in [2.45, 2.75) is 26.3 Å². The first-order valence-corrected chi connectivity index (χ1v) is 8.27. The van der Waals surface area contributed by atoms with E-state index in [0.717, 1.165) is 39.1 Å². The Labute approximate surface area is 134 Å². The first-order valence-electron chi connectivity index (χ1n) is 8.27. The van der Waals surface area contributed by atoms with Gasteiger partial charge in [-0.1, -0.05) is 30.3 Å². The molecule has 1 aromatic carbocycles. The maximum atomic E-state index is 11.6. The Balaban J connectivity index is 1.88. The normalized spacial score (nSPS) is 20.5. The summed E-state index contributed by atoms with van der Waals surface area (Å²) in [5.74, 6) is 0.463. The molecule has 0 amide bonds. The molecule has 2 rings (SSSR count). The van der Waals surface area contributed by atoms with Crippen LogP contribution in [0.4, 0.5) is 0 Å². The van der Waals surface area contributed by atoms with E-state index in [1.165, 1.54) is 5.56 Å². The third kappa shape index (κ3) is 5.78. The molecule has 1 aliphatic heterocycles. The molecule has 122 valence electrons. The smallest absolute Gasteiger partial charge is 0.305 e. The Kier molecular flexibility index (Phi) is 6.87. The van der Waals surface area contributed by atoms with Crippen LogP contribution < -0.4 is 0 Å². The molecule has 4 nitrogen and oxygen atoms in total. The molecular weight excluding hydrogens is 276 g/mol. The molecule has 22 heavy (non-hydrogen) atoms. The number of rotatable bonds is 6. The first kappa shape index (κ1) is 17.0. The van der Waals surface area contributed by atoms with Gasteiger partial charge in [0.15, 0.2) is 0 Å². The predicted molar refractivity (Wildman–Crippen MR) is 88.6 cm³/mol. The van der Waals surface area contributed by atoms with Gasteiger partial charge in [-0.2, -0.15) is 0 Å². The number of esters is 1. The highest BCUT2D eigenvalue weighted by atomic mass is 16.5. The molecule has 0 radical (unpaired) electrons. The van der Waals surface area contributed by atoms with Gasteiger partial charge in [0.2, 0.25) is 0 Å². The number of carbonyl (C=O) groups excluding carboxylic acids is 1. The molecule has 1 fully saturated rings. The van der Waals surface area contributed by atoms with Crippen molar-refractivity contribution in [3.63, 3.8) is 0 Å². The van der Waals surface area contributed by atoms with Gasteiger partial charge in [-0.25, -0.2) is 0 Å². The Morgan fingerprint density at radius 1 is 1.23 bits per heavy atom. The summed E-state index contributed by atoms with van der Waals surface area (Å²) < 4.78 is 5.05. The maximum Gasteiger partial charge on any atom is 0.305 e. The highest BCUT2D eigenvalue weighted by molar-refractivity contribution is 5.69. The Bertz CT molecular complexity index is 450. The van der Waals surface area contributed by atoms with Crippen LogP contribution in [0.5, 0.6) is 0 Å². The van der Waals surface area contributed by atoms with Gasteiger partial charge in [0, 0.05) is 39.1 Å². The number of carbonyl (C=O) groups is 1. The maximum absolute atomic E-state index is 11.6. The van der Waals surface area contributed by atoms with Crippen molar-refractivity contribution in [1.82, 2.24) is 9.80 Å². The van der Waals surface area contributed by atoms with Crippen LogP contribution in [-0.4, -0.2) is 55.6 Å². The summed E-state index contributed by atoms with van der Waals surface area (Å²) >= 11 is 0. The Hall–Kier alpha value is -1.39. The highest BCUT2D eigenvalue weighted by Crippen LogP contribution is 2.16. The van der Waals surface area contributed by atoms with Crippen LogP contribution in [0.15, 0.2) is 30.3 Å². The second-order valence-corrected chi connectivity index (χ2v) is 6.19. The third-order valence-electron chi connectivity index (χ3n) is 4.20. The van der Waals surface area contributed by atoms with Gasteiger partial charge in [0.05, 0.1) is 6.61 Å². The van der Waals surface area contributed by atoms with Crippen LogP contribution in [0.1, 0.15) is 25.3 Å². The number of ether oxygens (including phenoxy) is 1. The van der Waals surface area contributed by atoms with Crippen molar-refractivity contribution in [3.05, 3.63) is 35.9 Å². The molecule has 0 bridgehead atoms. The van der Waals surface area contributed by atoms with E-state index in [1.54, 1.807) is 0 Å². The molecule has 0 spiro atoms. The molecule has 0 saturated carbocycles. The zero-order chi connectivity index (χ0) is 15.8. The van der Waals surface area contributed by atoms with Gasteiger partial charge >= 0.3 is 5.97 Å². The van der Waals surface area contributed by atoms with E-state index in [9.17, 15) is 4.79 Å². The second kappa shape index (κ2) is 8.91. The van der Waals surface area contributed by atoms with Crippen LogP contribution in [0.3, 0.4) is 0 Å². The van der Waals surface area contributed by atoms with E-state index in [1.807, 2.05) is 6.92 Å². The fourth-order valence-electron chi connectivity index (χ4n) is 3.08. The average Bonchev–Trinajstić information content (AvgIpc) is 2.68.